The predicted octanol–water partition coefficient (Wildman–Crippen LogP) is 5.87. The number of pyridine rings is 1. The number of hydrazone groups is 1. The number of hydrogen-bond donors (Lipinski definition) is 1. The molecular formula is C28H37FN4O2. The molecule has 1 N–H and O–H groups in total. The average molecular weight is 481 g/mol. The van der Waals surface area contributed by atoms with Crippen LogP contribution < -0.4 is 5.32 Å². The Morgan fingerprint density at radius 1 is 1.20 bits per heavy atom. The first kappa shape index (κ1) is 26.6. The molecular weight excluding hydrogens is 443 g/mol. The molecule has 35 heavy (non-hydrogen) atoms. The highest BCUT2D eigenvalue weighted by atomic mass is 19.1. The Bertz CT molecular complexity index is 1130. The summed E-state index contributed by atoms with van der Waals surface area (Å²) in [6, 6.07) is 7.41. The summed E-state index contributed by atoms with van der Waals surface area (Å²) in [6.07, 6.45) is 5.72. The van der Waals surface area contributed by atoms with E-state index >= 15 is 4.39 Å². The molecule has 1 aromatic carbocycles. The van der Waals surface area contributed by atoms with Gasteiger partial charge in [-0.3, -0.25) is 0 Å². The standard InChI is InChI=1S/C26H31FN4O2.C2H6/c1-17(2)16-31-18(3)25(33-12-11-32-4)15-24(30-31)21-13-20-5-6-23(19-7-9-28-10-8-19)29-26(20)22(27)14-21;1-2/h5-6,13-16,19,28H,3,7-12H2,1-2,4H3;1-2H3. The molecule has 2 aliphatic heterocycles. The van der Waals surface area contributed by atoms with Gasteiger partial charge in [-0.2, -0.15) is 5.10 Å². The molecule has 0 unspecified atom stereocenters. The molecule has 4 rings (SSSR count). The van der Waals surface area contributed by atoms with Crippen LogP contribution in [0.3, 0.4) is 0 Å². The van der Waals surface area contributed by atoms with Crippen LogP contribution >= 0.6 is 0 Å². The number of nitrogens with one attached hydrogen (secondary N) is 1. The van der Waals surface area contributed by atoms with Crippen LogP contribution in [0.15, 0.2) is 65.3 Å². The van der Waals surface area contributed by atoms with Gasteiger partial charge in [0.1, 0.15) is 23.7 Å². The van der Waals surface area contributed by atoms with Crippen molar-refractivity contribution >= 4 is 16.6 Å². The molecule has 0 aliphatic carbocycles. The zero-order chi connectivity index (χ0) is 25.4. The van der Waals surface area contributed by atoms with E-state index in [9.17, 15) is 0 Å². The van der Waals surface area contributed by atoms with Crippen molar-refractivity contribution in [1.29, 1.82) is 0 Å². The lowest BCUT2D eigenvalue weighted by Gasteiger charge is -2.26. The van der Waals surface area contributed by atoms with Gasteiger partial charge in [0.25, 0.3) is 0 Å². The average Bonchev–Trinajstić information content (AvgIpc) is 2.87. The lowest BCUT2D eigenvalue weighted by molar-refractivity contribution is 0.109. The molecule has 1 fully saturated rings. The van der Waals surface area contributed by atoms with Gasteiger partial charge in [-0.15, -0.1) is 0 Å². The summed E-state index contributed by atoms with van der Waals surface area (Å²) in [5.74, 6) is 0.597. The molecule has 0 atom stereocenters. The van der Waals surface area contributed by atoms with Gasteiger partial charge in [-0.05, 0) is 58.0 Å². The predicted molar refractivity (Wildman–Crippen MR) is 141 cm³/mol. The number of halogens is 1. The van der Waals surface area contributed by atoms with Crippen LogP contribution in [0.1, 0.15) is 57.7 Å². The summed E-state index contributed by atoms with van der Waals surface area (Å²) >= 11 is 0. The first-order chi connectivity index (χ1) is 17.0. The summed E-state index contributed by atoms with van der Waals surface area (Å²) < 4.78 is 26.2. The quantitative estimate of drug-likeness (QED) is 0.502. The smallest absolute Gasteiger partial charge is 0.150 e. The summed E-state index contributed by atoms with van der Waals surface area (Å²) in [4.78, 5) is 4.69. The number of aromatic nitrogens is 1. The van der Waals surface area contributed by atoms with Gasteiger partial charge >= 0.3 is 0 Å². The molecule has 0 radical (unpaired) electrons. The number of benzene rings is 1. The van der Waals surface area contributed by atoms with Crippen molar-refractivity contribution in [2.45, 2.75) is 46.5 Å². The van der Waals surface area contributed by atoms with Gasteiger partial charge in [-0.1, -0.05) is 32.1 Å². The molecule has 6 nitrogen and oxygen atoms in total. The molecule has 1 aromatic heterocycles. The Morgan fingerprint density at radius 2 is 1.94 bits per heavy atom. The van der Waals surface area contributed by atoms with E-state index in [1.807, 2.05) is 52.1 Å². The molecule has 0 bridgehead atoms. The second-order valence-corrected chi connectivity index (χ2v) is 8.62. The normalized spacial score (nSPS) is 16.3. The van der Waals surface area contributed by atoms with E-state index < -0.39 is 0 Å². The van der Waals surface area contributed by atoms with E-state index in [0.717, 1.165) is 42.6 Å². The number of nitrogens with zero attached hydrogens (tertiary/aromatic N) is 3. The lowest BCUT2D eigenvalue weighted by Crippen LogP contribution is -2.27. The zero-order valence-corrected chi connectivity index (χ0v) is 21.5. The van der Waals surface area contributed by atoms with E-state index in [1.54, 1.807) is 18.2 Å². The third-order valence-electron chi connectivity index (χ3n) is 5.79. The Hall–Kier alpha value is -3.03. The molecule has 0 amide bonds. The topological polar surface area (TPSA) is 59.0 Å². The van der Waals surface area contributed by atoms with Gasteiger partial charge in [0.15, 0.2) is 0 Å². The van der Waals surface area contributed by atoms with Crippen molar-refractivity contribution in [1.82, 2.24) is 15.3 Å². The van der Waals surface area contributed by atoms with Crippen LogP contribution in [0, 0.1) is 5.82 Å². The van der Waals surface area contributed by atoms with Crippen molar-refractivity contribution in [2.75, 3.05) is 33.4 Å². The molecule has 7 heteroatoms. The fraction of sp³-hybridized carbons (Fsp3) is 0.429. The Kier molecular flexibility index (Phi) is 9.57. The fourth-order valence-electron chi connectivity index (χ4n) is 4.08. The summed E-state index contributed by atoms with van der Waals surface area (Å²) in [6.45, 7) is 14.8. The number of rotatable bonds is 7. The van der Waals surface area contributed by atoms with Crippen molar-refractivity contribution in [3.63, 3.8) is 0 Å². The third-order valence-corrected chi connectivity index (χ3v) is 5.79. The molecule has 1 saturated heterocycles. The number of fused-ring (bicyclic) bond motifs is 1. The Morgan fingerprint density at radius 3 is 2.63 bits per heavy atom. The van der Waals surface area contributed by atoms with Gasteiger partial charge in [0.2, 0.25) is 0 Å². The van der Waals surface area contributed by atoms with Gasteiger partial charge in [-0.25, -0.2) is 14.4 Å². The molecule has 188 valence electrons. The number of ether oxygens (including phenoxy) is 2. The summed E-state index contributed by atoms with van der Waals surface area (Å²) in [5.41, 5.74) is 4.28. The SMILES string of the molecule is C=C1C(OCCOC)=CC(c2cc(F)c3nc(C4CCNCC4)ccc3c2)=NN1C=C(C)C.CC. The Balaban J connectivity index is 0.00000167. The highest BCUT2D eigenvalue weighted by molar-refractivity contribution is 6.11. The van der Waals surface area contributed by atoms with Crippen molar-refractivity contribution in [2.24, 2.45) is 5.10 Å². The number of allylic oxidation sites excluding steroid dienone is 2. The minimum atomic E-state index is -0.352. The maximum absolute atomic E-state index is 15.2. The van der Waals surface area contributed by atoms with Gasteiger partial charge < -0.3 is 14.8 Å². The van der Waals surface area contributed by atoms with E-state index in [4.69, 9.17) is 9.47 Å². The first-order valence-electron chi connectivity index (χ1n) is 12.3. The van der Waals surface area contributed by atoms with Crippen LogP contribution in [0.4, 0.5) is 4.39 Å². The molecule has 3 heterocycles. The molecule has 0 spiro atoms. The largest absolute Gasteiger partial charge is 0.489 e. The highest BCUT2D eigenvalue weighted by Gasteiger charge is 2.22. The second-order valence-electron chi connectivity index (χ2n) is 8.62. The minimum Gasteiger partial charge on any atom is -0.489 e. The Labute approximate surface area is 208 Å². The van der Waals surface area contributed by atoms with E-state index in [1.165, 1.54) is 6.07 Å². The molecule has 0 saturated carbocycles. The second kappa shape index (κ2) is 12.6. The van der Waals surface area contributed by atoms with Crippen LogP contribution in [0.25, 0.3) is 10.9 Å². The highest BCUT2D eigenvalue weighted by Crippen LogP contribution is 2.29. The molecule has 2 aliphatic rings. The lowest BCUT2D eigenvalue weighted by atomic mass is 9.93. The van der Waals surface area contributed by atoms with Crippen LogP contribution in [-0.4, -0.2) is 49.1 Å². The van der Waals surface area contributed by atoms with Crippen LogP contribution in [0.2, 0.25) is 0 Å². The van der Waals surface area contributed by atoms with Crippen molar-refractivity contribution < 1.29 is 13.9 Å². The van der Waals surface area contributed by atoms with E-state index in [-0.39, 0.29) is 5.82 Å². The maximum atomic E-state index is 15.2. The number of methoxy groups -OCH3 is 1. The fourth-order valence-corrected chi connectivity index (χ4v) is 4.08. The minimum absolute atomic E-state index is 0.352. The van der Waals surface area contributed by atoms with Crippen molar-refractivity contribution in [3.05, 3.63) is 77.2 Å². The zero-order valence-electron chi connectivity index (χ0n) is 21.5. The van der Waals surface area contributed by atoms with E-state index in [0.29, 0.717) is 47.4 Å². The van der Waals surface area contributed by atoms with Gasteiger partial charge in [0, 0.05) is 41.9 Å². The monoisotopic (exact) mass is 480 g/mol. The van der Waals surface area contributed by atoms with Crippen molar-refractivity contribution in [3.8, 4) is 0 Å². The first-order valence-corrected chi connectivity index (χ1v) is 12.3. The van der Waals surface area contributed by atoms with Crippen LogP contribution in [-0.2, 0) is 9.47 Å². The summed E-state index contributed by atoms with van der Waals surface area (Å²) in [7, 11) is 1.62. The number of hydrogen-bond acceptors (Lipinski definition) is 6. The maximum Gasteiger partial charge on any atom is 0.150 e. The molecule has 2 aromatic rings. The number of piperidine rings is 1. The van der Waals surface area contributed by atoms with Crippen LogP contribution in [0.5, 0.6) is 0 Å². The summed E-state index contributed by atoms with van der Waals surface area (Å²) in [5, 5.41) is 10.5. The van der Waals surface area contributed by atoms with E-state index in [2.05, 4.69) is 22.0 Å². The van der Waals surface area contributed by atoms with Gasteiger partial charge in [0.05, 0.1) is 18.0 Å². The third kappa shape index (κ3) is 6.55.